The third-order valence-corrected chi connectivity index (χ3v) is 4.85. The Morgan fingerprint density at radius 2 is 0.882 bits per heavy atom. The molecule has 2 aromatic carbocycles. The molecule has 0 fully saturated rings. The van der Waals surface area contributed by atoms with Crippen LogP contribution in [0.15, 0.2) is 36.4 Å². The SMILES string of the molecule is COc1cc(CCC(=O)OCC(=O)COC(=O)CCc2cc(OC)cc(OC)c2)cc(OC)c1. The van der Waals surface area contributed by atoms with Crippen molar-refractivity contribution in [2.75, 3.05) is 41.7 Å². The van der Waals surface area contributed by atoms with Crippen molar-refractivity contribution in [3.8, 4) is 23.0 Å². The number of ether oxygens (including phenoxy) is 6. The molecule has 0 aliphatic heterocycles. The first-order valence-electron chi connectivity index (χ1n) is 10.6. The number of Topliss-reactive ketones (excluding diaryl/α,β-unsaturated/α-hetero) is 1. The van der Waals surface area contributed by atoms with Gasteiger partial charge >= 0.3 is 11.9 Å². The molecular weight excluding hydrogens is 444 g/mol. The first-order valence-corrected chi connectivity index (χ1v) is 10.6. The molecule has 0 radical (unpaired) electrons. The summed E-state index contributed by atoms with van der Waals surface area (Å²) in [5, 5.41) is 0. The summed E-state index contributed by atoms with van der Waals surface area (Å²) in [6, 6.07) is 10.6. The zero-order valence-corrected chi connectivity index (χ0v) is 19.9. The maximum atomic E-state index is 12.0. The molecule has 0 spiro atoms. The fourth-order valence-electron chi connectivity index (χ4n) is 3.02. The molecule has 0 atom stereocenters. The monoisotopic (exact) mass is 474 g/mol. The lowest BCUT2D eigenvalue weighted by atomic mass is 10.1. The summed E-state index contributed by atoms with van der Waals surface area (Å²) in [5.41, 5.74) is 1.67. The lowest BCUT2D eigenvalue weighted by molar-refractivity contribution is -0.153. The number of hydrogen-bond donors (Lipinski definition) is 0. The van der Waals surface area contributed by atoms with Gasteiger partial charge in [0.15, 0.2) is 13.2 Å². The Bertz CT molecular complexity index is 862. The molecule has 0 bridgehead atoms. The largest absolute Gasteiger partial charge is 0.497 e. The molecular formula is C25H30O9. The quantitative estimate of drug-likeness (QED) is 0.382. The van der Waals surface area contributed by atoms with Crippen molar-refractivity contribution >= 4 is 17.7 Å². The number of carbonyl (C=O) groups excluding carboxylic acids is 3. The van der Waals surface area contributed by atoms with Gasteiger partial charge in [-0.3, -0.25) is 14.4 Å². The average Bonchev–Trinajstić information content (AvgIpc) is 2.87. The van der Waals surface area contributed by atoms with Crippen LogP contribution in [0.25, 0.3) is 0 Å². The first-order chi connectivity index (χ1) is 16.4. The number of ketones is 1. The highest BCUT2D eigenvalue weighted by atomic mass is 16.6. The standard InChI is InChI=1S/C25H30O9/c1-29-20-9-17(10-21(13-20)30-2)5-7-24(27)33-15-19(26)16-34-25(28)8-6-18-11-22(31-3)14-23(12-18)32-4/h9-14H,5-8,15-16H2,1-4H3. The Balaban J connectivity index is 1.69. The van der Waals surface area contributed by atoms with Gasteiger partial charge in [-0.1, -0.05) is 0 Å². The summed E-state index contributed by atoms with van der Waals surface area (Å²) in [5.74, 6) is 0.890. The van der Waals surface area contributed by atoms with Crippen LogP contribution in [0.2, 0.25) is 0 Å². The topological polar surface area (TPSA) is 107 Å². The Morgan fingerprint density at radius 1 is 0.559 bits per heavy atom. The molecule has 0 amide bonds. The van der Waals surface area contributed by atoms with Crippen molar-refractivity contribution in [1.82, 2.24) is 0 Å². The van der Waals surface area contributed by atoms with E-state index in [0.29, 0.717) is 35.8 Å². The van der Waals surface area contributed by atoms with Gasteiger partial charge in [-0.05, 0) is 48.2 Å². The van der Waals surface area contributed by atoms with Gasteiger partial charge in [0.25, 0.3) is 0 Å². The van der Waals surface area contributed by atoms with Crippen molar-refractivity contribution in [3.63, 3.8) is 0 Å². The van der Waals surface area contributed by atoms with Gasteiger partial charge in [0.05, 0.1) is 28.4 Å². The first kappa shape index (κ1) is 26.5. The highest BCUT2D eigenvalue weighted by Crippen LogP contribution is 2.24. The molecule has 0 heterocycles. The minimum Gasteiger partial charge on any atom is -0.497 e. The molecule has 2 rings (SSSR count). The van der Waals surface area contributed by atoms with E-state index in [0.717, 1.165) is 11.1 Å². The predicted molar refractivity (Wildman–Crippen MR) is 123 cm³/mol. The van der Waals surface area contributed by atoms with Crippen molar-refractivity contribution < 1.29 is 42.8 Å². The van der Waals surface area contributed by atoms with Crippen LogP contribution in [-0.4, -0.2) is 59.4 Å². The lowest BCUT2D eigenvalue weighted by Gasteiger charge is -2.09. The molecule has 0 unspecified atom stereocenters. The molecule has 34 heavy (non-hydrogen) atoms. The van der Waals surface area contributed by atoms with Crippen LogP contribution in [-0.2, 0) is 36.7 Å². The van der Waals surface area contributed by atoms with Gasteiger partial charge in [-0.15, -0.1) is 0 Å². The Morgan fingerprint density at radius 3 is 1.18 bits per heavy atom. The third kappa shape index (κ3) is 9.01. The van der Waals surface area contributed by atoms with Gasteiger partial charge in [0.2, 0.25) is 5.78 Å². The number of rotatable bonds is 14. The summed E-state index contributed by atoms with van der Waals surface area (Å²) >= 11 is 0. The molecule has 0 aromatic heterocycles. The second-order valence-electron chi connectivity index (χ2n) is 7.30. The number of methoxy groups -OCH3 is 4. The highest BCUT2D eigenvalue weighted by Gasteiger charge is 2.13. The smallest absolute Gasteiger partial charge is 0.306 e. The van der Waals surface area contributed by atoms with Crippen LogP contribution in [0.3, 0.4) is 0 Å². The van der Waals surface area contributed by atoms with Gasteiger partial charge in [-0.25, -0.2) is 0 Å². The molecule has 9 heteroatoms. The van der Waals surface area contributed by atoms with Crippen molar-refractivity contribution in [3.05, 3.63) is 47.5 Å². The maximum absolute atomic E-state index is 12.0. The summed E-state index contributed by atoms with van der Waals surface area (Å²) in [6.45, 7) is -0.915. The second-order valence-corrected chi connectivity index (χ2v) is 7.30. The fraction of sp³-hybridized carbons (Fsp3) is 0.400. The van der Waals surface area contributed by atoms with Crippen LogP contribution < -0.4 is 18.9 Å². The van der Waals surface area contributed by atoms with E-state index in [9.17, 15) is 14.4 Å². The summed E-state index contributed by atoms with van der Waals surface area (Å²) in [7, 11) is 6.17. The van der Waals surface area contributed by atoms with Crippen molar-refractivity contribution in [2.24, 2.45) is 0 Å². The van der Waals surface area contributed by atoms with E-state index in [1.807, 2.05) is 0 Å². The lowest BCUT2D eigenvalue weighted by Crippen LogP contribution is -2.21. The van der Waals surface area contributed by atoms with E-state index in [-0.39, 0.29) is 12.8 Å². The number of carbonyl (C=O) groups is 3. The minimum absolute atomic E-state index is 0.0768. The van der Waals surface area contributed by atoms with Crippen LogP contribution in [0.1, 0.15) is 24.0 Å². The molecule has 184 valence electrons. The number of benzene rings is 2. The Labute approximate surface area is 198 Å². The minimum atomic E-state index is -0.534. The van der Waals surface area contributed by atoms with Crippen LogP contribution in [0.4, 0.5) is 0 Å². The molecule has 0 aliphatic carbocycles. The number of aryl methyl sites for hydroxylation is 2. The zero-order valence-electron chi connectivity index (χ0n) is 19.9. The normalized spacial score (nSPS) is 10.2. The molecule has 9 nitrogen and oxygen atoms in total. The van der Waals surface area contributed by atoms with Gasteiger partial charge in [0, 0.05) is 25.0 Å². The Kier molecular flexibility index (Phi) is 10.7. The third-order valence-electron chi connectivity index (χ3n) is 4.85. The molecule has 0 saturated heterocycles. The van der Waals surface area contributed by atoms with Crippen LogP contribution >= 0.6 is 0 Å². The van der Waals surface area contributed by atoms with Crippen LogP contribution in [0.5, 0.6) is 23.0 Å². The Hall–Kier alpha value is -3.75. The average molecular weight is 475 g/mol. The molecule has 0 N–H and O–H groups in total. The number of hydrogen-bond acceptors (Lipinski definition) is 9. The summed E-state index contributed by atoms with van der Waals surface area (Å²) in [4.78, 5) is 35.8. The number of esters is 2. The zero-order chi connectivity index (χ0) is 24.9. The van der Waals surface area contributed by atoms with Gasteiger partial charge in [0.1, 0.15) is 23.0 Å². The summed E-state index contributed by atoms with van der Waals surface area (Å²) in [6.07, 6.45) is 0.941. The van der Waals surface area contributed by atoms with Crippen molar-refractivity contribution in [2.45, 2.75) is 25.7 Å². The van der Waals surface area contributed by atoms with E-state index in [2.05, 4.69) is 0 Å². The van der Waals surface area contributed by atoms with E-state index < -0.39 is 30.9 Å². The van der Waals surface area contributed by atoms with E-state index in [4.69, 9.17) is 28.4 Å². The molecule has 0 saturated carbocycles. The van der Waals surface area contributed by atoms with Gasteiger partial charge in [-0.2, -0.15) is 0 Å². The van der Waals surface area contributed by atoms with E-state index >= 15 is 0 Å². The van der Waals surface area contributed by atoms with Gasteiger partial charge < -0.3 is 28.4 Å². The van der Waals surface area contributed by atoms with Crippen LogP contribution in [0, 0.1) is 0 Å². The van der Waals surface area contributed by atoms with E-state index in [1.54, 1.807) is 64.8 Å². The fourth-order valence-corrected chi connectivity index (χ4v) is 3.02. The molecule has 2 aromatic rings. The van der Waals surface area contributed by atoms with E-state index in [1.165, 1.54) is 0 Å². The maximum Gasteiger partial charge on any atom is 0.306 e. The van der Waals surface area contributed by atoms with Crippen molar-refractivity contribution in [1.29, 1.82) is 0 Å². The second kappa shape index (κ2) is 13.7. The highest BCUT2D eigenvalue weighted by molar-refractivity contribution is 5.85. The molecule has 0 aliphatic rings. The predicted octanol–water partition coefficient (Wildman–Crippen LogP) is 2.94. The summed E-state index contributed by atoms with van der Waals surface area (Å²) < 4.78 is 30.8.